The van der Waals surface area contributed by atoms with Gasteiger partial charge < -0.3 is 29.8 Å². The highest BCUT2D eigenvalue weighted by Crippen LogP contribution is 2.31. The largest absolute Gasteiger partial charge is 0.484 e. The highest BCUT2D eigenvalue weighted by molar-refractivity contribution is 6.32. The molecular formula is C19H21ClN4O7. The fraction of sp³-hybridized carbons (Fsp3) is 0.368. The van der Waals surface area contributed by atoms with Crippen molar-refractivity contribution >= 4 is 28.7 Å². The number of aliphatic hydroxyl groups is 2. The maximum Gasteiger partial charge on any atom is 0.420 e. The first-order chi connectivity index (χ1) is 14.8. The Morgan fingerprint density at radius 2 is 2.00 bits per heavy atom. The van der Waals surface area contributed by atoms with Crippen molar-refractivity contribution in [2.45, 2.75) is 25.1 Å². The molecule has 0 aliphatic rings. The van der Waals surface area contributed by atoms with Crippen LogP contribution in [0, 0.1) is 0 Å². The average molecular weight is 453 g/mol. The number of aromatic nitrogens is 3. The van der Waals surface area contributed by atoms with Gasteiger partial charge in [0.15, 0.2) is 11.4 Å². The normalized spacial score (nSPS) is 12.7. The number of fused-ring (bicyclic) bond motifs is 1. The maximum atomic E-state index is 12.4. The molecule has 11 nitrogen and oxygen atoms in total. The monoisotopic (exact) mass is 452 g/mol. The zero-order valence-corrected chi connectivity index (χ0v) is 17.3. The third kappa shape index (κ3) is 5.02. The number of halogens is 1. The second-order valence-corrected chi connectivity index (χ2v) is 7.31. The fourth-order valence-electron chi connectivity index (χ4n) is 2.64. The summed E-state index contributed by atoms with van der Waals surface area (Å²) < 4.78 is 17.0. The summed E-state index contributed by atoms with van der Waals surface area (Å²) in [7, 11) is 0. The summed E-state index contributed by atoms with van der Waals surface area (Å²) in [5.41, 5.74) is 4.60. The maximum absolute atomic E-state index is 12.4. The minimum Gasteiger partial charge on any atom is -0.484 e. The quantitative estimate of drug-likeness (QED) is 0.387. The Labute approximate surface area is 181 Å². The van der Waals surface area contributed by atoms with Crippen LogP contribution in [0.4, 0.5) is 0 Å². The summed E-state index contributed by atoms with van der Waals surface area (Å²) in [6.07, 6.45) is 3.15. The average Bonchev–Trinajstić information content (AvgIpc) is 3.10. The minimum atomic E-state index is -1.49. The first kappa shape index (κ1) is 22.7. The molecule has 0 saturated heterocycles. The van der Waals surface area contributed by atoms with Gasteiger partial charge in [0, 0.05) is 18.5 Å². The van der Waals surface area contributed by atoms with Gasteiger partial charge in [0.1, 0.15) is 25.0 Å². The summed E-state index contributed by atoms with van der Waals surface area (Å²) in [5.74, 6) is -0.922. The van der Waals surface area contributed by atoms with Gasteiger partial charge in [-0.2, -0.15) is 0 Å². The molecule has 0 spiro atoms. The predicted octanol–water partition coefficient (Wildman–Crippen LogP) is 0.403. The number of hydrogen-bond acceptors (Lipinski definition) is 10. The lowest BCUT2D eigenvalue weighted by Gasteiger charge is -2.24. The standard InChI is InChI=1S/C19H21ClN4O7/c1-11(17(27)30-10-19(21,8-25)9-26)24-13-5-12(20)14(6-15(13)31-18(24)28)29-7-16-22-3-2-4-23-16/h2-6,11,25-26H,7-10,21H2,1H3. The first-order valence-electron chi connectivity index (χ1n) is 9.18. The molecule has 1 aromatic carbocycles. The topological polar surface area (TPSA) is 163 Å². The Morgan fingerprint density at radius 1 is 1.32 bits per heavy atom. The van der Waals surface area contributed by atoms with Crippen molar-refractivity contribution in [1.82, 2.24) is 14.5 Å². The zero-order valence-electron chi connectivity index (χ0n) is 16.5. The first-order valence-corrected chi connectivity index (χ1v) is 9.56. The Morgan fingerprint density at radius 3 is 2.65 bits per heavy atom. The van der Waals surface area contributed by atoms with Crippen molar-refractivity contribution in [3.05, 3.63) is 52.0 Å². The van der Waals surface area contributed by atoms with Crippen LogP contribution >= 0.6 is 11.6 Å². The third-order valence-electron chi connectivity index (χ3n) is 4.50. The van der Waals surface area contributed by atoms with Gasteiger partial charge in [0.25, 0.3) is 0 Å². The van der Waals surface area contributed by atoms with Crippen LogP contribution in [0.5, 0.6) is 5.75 Å². The van der Waals surface area contributed by atoms with Crippen LogP contribution in [0.25, 0.3) is 11.1 Å². The fourth-order valence-corrected chi connectivity index (χ4v) is 2.85. The molecule has 4 N–H and O–H groups in total. The van der Waals surface area contributed by atoms with E-state index in [1.165, 1.54) is 19.1 Å². The van der Waals surface area contributed by atoms with Crippen molar-refractivity contribution in [1.29, 1.82) is 0 Å². The van der Waals surface area contributed by atoms with E-state index < -0.39 is 43.1 Å². The number of benzene rings is 1. The van der Waals surface area contributed by atoms with E-state index in [4.69, 9.17) is 31.2 Å². The Bertz CT molecular complexity index is 1110. The molecule has 2 heterocycles. The Balaban J connectivity index is 1.81. The number of carbonyl (C=O) groups excluding carboxylic acids is 1. The van der Waals surface area contributed by atoms with Gasteiger partial charge in [-0.1, -0.05) is 11.6 Å². The number of rotatable bonds is 9. The van der Waals surface area contributed by atoms with Gasteiger partial charge in [-0.25, -0.2) is 19.6 Å². The number of oxazole rings is 1. The van der Waals surface area contributed by atoms with Crippen LogP contribution in [0.2, 0.25) is 5.02 Å². The molecule has 2 aromatic heterocycles. The molecule has 0 saturated carbocycles. The SMILES string of the molecule is CC(C(=O)OCC(N)(CO)CO)n1c(=O)oc2cc(OCc3ncccn3)c(Cl)cc21. The molecule has 12 heteroatoms. The number of nitrogens with zero attached hydrogens (tertiary/aromatic N) is 3. The number of aliphatic hydroxyl groups excluding tert-OH is 2. The van der Waals surface area contributed by atoms with Gasteiger partial charge in [0.2, 0.25) is 0 Å². The van der Waals surface area contributed by atoms with E-state index in [1.807, 2.05) is 0 Å². The van der Waals surface area contributed by atoms with E-state index in [9.17, 15) is 19.8 Å². The molecular weight excluding hydrogens is 432 g/mol. The number of hydrogen-bond donors (Lipinski definition) is 3. The van der Waals surface area contributed by atoms with Gasteiger partial charge in [-0.15, -0.1) is 0 Å². The van der Waals surface area contributed by atoms with Crippen LogP contribution in [-0.4, -0.2) is 56.1 Å². The summed E-state index contributed by atoms with van der Waals surface area (Å²) >= 11 is 6.28. The zero-order chi connectivity index (χ0) is 22.6. The predicted molar refractivity (Wildman–Crippen MR) is 109 cm³/mol. The lowest BCUT2D eigenvalue weighted by atomic mass is 10.1. The molecule has 0 radical (unpaired) electrons. The molecule has 0 aliphatic heterocycles. The molecule has 0 amide bonds. The van der Waals surface area contributed by atoms with E-state index >= 15 is 0 Å². The molecule has 1 unspecified atom stereocenters. The van der Waals surface area contributed by atoms with Crippen molar-refractivity contribution in [2.24, 2.45) is 5.73 Å². The second-order valence-electron chi connectivity index (χ2n) is 6.90. The van der Waals surface area contributed by atoms with Crippen LogP contribution in [0.1, 0.15) is 18.8 Å². The molecule has 0 aliphatic carbocycles. The second kappa shape index (κ2) is 9.43. The van der Waals surface area contributed by atoms with Crippen molar-refractivity contribution in [2.75, 3.05) is 19.8 Å². The van der Waals surface area contributed by atoms with Crippen molar-refractivity contribution in [3.8, 4) is 5.75 Å². The summed E-state index contributed by atoms with van der Waals surface area (Å²) in [4.78, 5) is 32.9. The molecule has 166 valence electrons. The van der Waals surface area contributed by atoms with E-state index in [0.29, 0.717) is 5.82 Å². The highest BCUT2D eigenvalue weighted by atomic mass is 35.5. The van der Waals surface area contributed by atoms with Crippen molar-refractivity contribution in [3.63, 3.8) is 0 Å². The van der Waals surface area contributed by atoms with Crippen LogP contribution in [-0.2, 0) is 16.1 Å². The lowest BCUT2D eigenvalue weighted by molar-refractivity contribution is -0.150. The summed E-state index contributed by atoms with van der Waals surface area (Å²) in [6, 6.07) is 3.45. The third-order valence-corrected chi connectivity index (χ3v) is 4.80. The van der Waals surface area contributed by atoms with Gasteiger partial charge in [0.05, 0.1) is 29.3 Å². The number of nitrogens with two attached hydrogens (primary N) is 1. The van der Waals surface area contributed by atoms with Crippen molar-refractivity contribution < 1.29 is 28.9 Å². The lowest BCUT2D eigenvalue weighted by Crippen LogP contribution is -2.52. The van der Waals surface area contributed by atoms with Gasteiger partial charge in [-0.3, -0.25) is 4.57 Å². The summed E-state index contributed by atoms with van der Waals surface area (Å²) in [5, 5.41) is 18.6. The number of esters is 1. The molecule has 3 rings (SSSR count). The van der Waals surface area contributed by atoms with E-state index in [2.05, 4.69) is 9.97 Å². The van der Waals surface area contributed by atoms with Crippen LogP contribution in [0.15, 0.2) is 39.8 Å². The van der Waals surface area contributed by atoms with E-state index in [0.717, 1.165) is 4.57 Å². The summed E-state index contributed by atoms with van der Waals surface area (Å²) in [6.45, 7) is -0.136. The minimum absolute atomic E-state index is 0.0519. The number of ether oxygens (including phenoxy) is 2. The van der Waals surface area contributed by atoms with Gasteiger partial charge in [-0.05, 0) is 19.1 Å². The van der Waals surface area contributed by atoms with E-state index in [-0.39, 0.29) is 28.5 Å². The molecule has 1 atom stereocenters. The smallest absolute Gasteiger partial charge is 0.420 e. The van der Waals surface area contributed by atoms with Crippen LogP contribution in [0.3, 0.4) is 0 Å². The van der Waals surface area contributed by atoms with Crippen LogP contribution < -0.4 is 16.2 Å². The highest BCUT2D eigenvalue weighted by Gasteiger charge is 2.29. The molecule has 3 aromatic rings. The molecule has 0 fully saturated rings. The Kier molecular flexibility index (Phi) is 6.91. The van der Waals surface area contributed by atoms with E-state index in [1.54, 1.807) is 18.5 Å². The molecule has 31 heavy (non-hydrogen) atoms. The van der Waals surface area contributed by atoms with Gasteiger partial charge >= 0.3 is 11.7 Å². The number of carbonyl (C=O) groups is 1. The Hall–Kier alpha value is -2.99. The molecule has 0 bridgehead atoms.